The van der Waals surface area contributed by atoms with E-state index < -0.39 is 0 Å². The predicted octanol–water partition coefficient (Wildman–Crippen LogP) is 0.459. The van der Waals surface area contributed by atoms with Gasteiger partial charge in [0.1, 0.15) is 0 Å². The van der Waals surface area contributed by atoms with E-state index in [0.29, 0.717) is 31.7 Å². The van der Waals surface area contributed by atoms with E-state index in [2.05, 4.69) is 17.0 Å². The van der Waals surface area contributed by atoms with Gasteiger partial charge in [-0.3, -0.25) is 4.79 Å². The first kappa shape index (κ1) is 17.4. The normalized spacial score (nSPS) is 29.9. The van der Waals surface area contributed by atoms with Gasteiger partial charge in [-0.1, -0.05) is 18.2 Å². The summed E-state index contributed by atoms with van der Waals surface area (Å²) in [5.41, 5.74) is 2.17. The summed E-state index contributed by atoms with van der Waals surface area (Å²) in [6.45, 7) is 6.16. The molecule has 1 aromatic rings. The Bertz CT molecular complexity index is 655. The van der Waals surface area contributed by atoms with Crippen LogP contribution in [0.5, 0.6) is 0 Å². The van der Waals surface area contributed by atoms with E-state index in [-0.39, 0.29) is 18.1 Å². The summed E-state index contributed by atoms with van der Waals surface area (Å²) in [6, 6.07) is 8.20. The molecule has 0 aliphatic carbocycles. The molecular weight excluding hydrogens is 348 g/mol. The summed E-state index contributed by atoms with van der Waals surface area (Å²) in [7, 11) is 0. The average molecular weight is 374 g/mol. The summed E-state index contributed by atoms with van der Waals surface area (Å²) >= 11 is 0. The van der Waals surface area contributed by atoms with E-state index in [1.807, 2.05) is 17.0 Å². The van der Waals surface area contributed by atoms with E-state index in [1.165, 1.54) is 0 Å². The smallest absolute Gasteiger partial charge is 0.227 e. The molecule has 4 unspecified atom stereocenters. The third-order valence-electron chi connectivity index (χ3n) is 5.33. The minimum absolute atomic E-state index is 0.138. The SMILES string of the molecule is O=C(Cc1ccccc1N(CC1CO1)CC1CO1)N(CC1CO1)CC1CO1. The van der Waals surface area contributed by atoms with E-state index >= 15 is 0 Å². The van der Waals surface area contributed by atoms with Crippen LogP contribution in [0.15, 0.2) is 24.3 Å². The zero-order chi connectivity index (χ0) is 18.2. The second-order valence-corrected chi connectivity index (χ2v) is 7.83. The number of benzene rings is 1. The Hall–Kier alpha value is -1.67. The monoisotopic (exact) mass is 374 g/mol. The Labute approximate surface area is 159 Å². The van der Waals surface area contributed by atoms with E-state index in [9.17, 15) is 4.79 Å². The first-order chi connectivity index (χ1) is 13.2. The van der Waals surface area contributed by atoms with Gasteiger partial charge < -0.3 is 28.7 Å². The molecule has 1 aromatic carbocycles. The molecule has 0 saturated carbocycles. The average Bonchev–Trinajstić information content (AvgIpc) is 3.50. The lowest BCUT2D eigenvalue weighted by Crippen LogP contribution is -2.39. The van der Waals surface area contributed by atoms with Gasteiger partial charge in [0.25, 0.3) is 0 Å². The van der Waals surface area contributed by atoms with E-state index in [1.54, 1.807) is 0 Å². The van der Waals surface area contributed by atoms with Crippen molar-refractivity contribution >= 4 is 11.6 Å². The van der Waals surface area contributed by atoms with Crippen LogP contribution in [0, 0.1) is 0 Å². The van der Waals surface area contributed by atoms with Crippen LogP contribution in [-0.4, -0.2) is 87.8 Å². The number of carbonyl (C=O) groups excluding carboxylic acids is 1. The number of anilines is 1. The van der Waals surface area contributed by atoms with E-state index in [0.717, 1.165) is 50.8 Å². The number of hydrogen-bond acceptors (Lipinski definition) is 6. The number of hydrogen-bond donors (Lipinski definition) is 0. The van der Waals surface area contributed by atoms with E-state index in [4.69, 9.17) is 18.9 Å². The lowest BCUT2D eigenvalue weighted by atomic mass is 10.1. The highest BCUT2D eigenvalue weighted by Crippen LogP contribution is 2.27. The van der Waals surface area contributed by atoms with Gasteiger partial charge in [-0.05, 0) is 11.6 Å². The Morgan fingerprint density at radius 2 is 1.30 bits per heavy atom. The van der Waals surface area contributed by atoms with Crippen LogP contribution in [-0.2, 0) is 30.2 Å². The zero-order valence-electron chi connectivity index (χ0n) is 15.4. The Balaban J connectivity index is 1.30. The van der Waals surface area contributed by atoms with Gasteiger partial charge in [-0.25, -0.2) is 0 Å². The molecule has 7 heteroatoms. The van der Waals surface area contributed by atoms with Crippen LogP contribution < -0.4 is 4.90 Å². The van der Waals surface area contributed by atoms with Gasteiger partial charge in [-0.2, -0.15) is 0 Å². The zero-order valence-corrected chi connectivity index (χ0v) is 15.4. The van der Waals surface area contributed by atoms with Crippen LogP contribution in [0.3, 0.4) is 0 Å². The van der Waals surface area contributed by atoms with Gasteiger partial charge in [0.15, 0.2) is 0 Å². The Morgan fingerprint density at radius 1 is 0.815 bits per heavy atom. The van der Waals surface area contributed by atoms with Crippen molar-refractivity contribution in [3.05, 3.63) is 29.8 Å². The number of epoxide rings is 4. The van der Waals surface area contributed by atoms with Crippen molar-refractivity contribution in [2.24, 2.45) is 0 Å². The molecule has 0 N–H and O–H groups in total. The number of para-hydroxylation sites is 1. The maximum Gasteiger partial charge on any atom is 0.227 e. The van der Waals surface area contributed by atoms with Gasteiger partial charge in [-0.15, -0.1) is 0 Å². The number of rotatable bonds is 11. The molecule has 27 heavy (non-hydrogen) atoms. The molecule has 5 rings (SSSR count). The van der Waals surface area contributed by atoms with Crippen LogP contribution in [0.25, 0.3) is 0 Å². The highest BCUT2D eigenvalue weighted by atomic mass is 16.6. The number of ether oxygens (including phenoxy) is 4. The molecule has 7 nitrogen and oxygen atoms in total. The maximum absolute atomic E-state index is 13.0. The lowest BCUT2D eigenvalue weighted by Gasteiger charge is -2.27. The largest absolute Gasteiger partial charge is 0.371 e. The second kappa shape index (κ2) is 7.39. The minimum atomic E-state index is 0.138. The number of amides is 1. The fourth-order valence-corrected chi connectivity index (χ4v) is 3.47. The van der Waals surface area contributed by atoms with Crippen LogP contribution in [0.4, 0.5) is 5.69 Å². The fourth-order valence-electron chi connectivity index (χ4n) is 3.47. The number of carbonyl (C=O) groups is 1. The summed E-state index contributed by atoms with van der Waals surface area (Å²) in [4.78, 5) is 17.3. The molecule has 1 amide bonds. The van der Waals surface area contributed by atoms with Crippen molar-refractivity contribution in [2.75, 3.05) is 57.5 Å². The highest BCUT2D eigenvalue weighted by molar-refractivity contribution is 5.81. The molecule has 4 heterocycles. The minimum Gasteiger partial charge on any atom is -0.371 e. The van der Waals surface area contributed by atoms with Crippen LogP contribution in [0.2, 0.25) is 0 Å². The van der Waals surface area contributed by atoms with Crippen LogP contribution >= 0.6 is 0 Å². The lowest BCUT2D eigenvalue weighted by molar-refractivity contribution is -0.131. The quantitative estimate of drug-likeness (QED) is 0.524. The van der Waals surface area contributed by atoms with Crippen molar-refractivity contribution in [1.82, 2.24) is 4.90 Å². The molecule has 0 aromatic heterocycles. The molecule has 0 radical (unpaired) electrons. The molecule has 4 fully saturated rings. The highest BCUT2D eigenvalue weighted by Gasteiger charge is 2.34. The first-order valence-electron chi connectivity index (χ1n) is 9.81. The second-order valence-electron chi connectivity index (χ2n) is 7.83. The molecule has 4 aliphatic heterocycles. The summed E-state index contributed by atoms with van der Waals surface area (Å²) < 4.78 is 21.5. The van der Waals surface area contributed by atoms with Crippen molar-refractivity contribution < 1.29 is 23.7 Å². The Morgan fingerprint density at radius 3 is 1.81 bits per heavy atom. The molecule has 146 valence electrons. The summed E-state index contributed by atoms with van der Waals surface area (Å²) in [5.74, 6) is 0.138. The molecular formula is C20H26N2O5. The maximum atomic E-state index is 13.0. The standard InChI is InChI=1S/C20H26N2O5/c23-20(22(8-17-12-26-17)9-18-13-27-18)5-14-3-1-2-4-19(14)21(6-15-10-24-15)7-16-11-25-16/h1-4,15-18H,5-13H2. The van der Waals surface area contributed by atoms with Crippen molar-refractivity contribution in [3.8, 4) is 0 Å². The first-order valence-corrected chi connectivity index (χ1v) is 9.81. The fraction of sp³-hybridized carbons (Fsp3) is 0.650. The van der Waals surface area contributed by atoms with Crippen molar-refractivity contribution in [2.45, 2.75) is 30.8 Å². The molecule has 4 aliphatic rings. The molecule has 4 atom stereocenters. The third kappa shape index (κ3) is 4.99. The summed E-state index contributed by atoms with van der Waals surface area (Å²) in [5, 5.41) is 0. The third-order valence-corrected chi connectivity index (χ3v) is 5.33. The van der Waals surface area contributed by atoms with Crippen molar-refractivity contribution in [3.63, 3.8) is 0 Å². The Kier molecular flexibility index (Phi) is 4.77. The van der Waals surface area contributed by atoms with Crippen molar-refractivity contribution in [1.29, 1.82) is 0 Å². The molecule has 0 spiro atoms. The topological polar surface area (TPSA) is 73.7 Å². The van der Waals surface area contributed by atoms with Crippen LogP contribution in [0.1, 0.15) is 5.56 Å². The number of nitrogens with zero attached hydrogens (tertiary/aromatic N) is 2. The molecule has 0 bridgehead atoms. The van der Waals surface area contributed by atoms with Gasteiger partial charge in [0.2, 0.25) is 5.91 Å². The van der Waals surface area contributed by atoms with Gasteiger partial charge in [0.05, 0.1) is 57.3 Å². The predicted molar refractivity (Wildman–Crippen MR) is 97.9 cm³/mol. The molecule has 4 saturated heterocycles. The summed E-state index contributed by atoms with van der Waals surface area (Å²) in [6.07, 6.45) is 1.37. The van der Waals surface area contributed by atoms with Gasteiger partial charge in [0, 0.05) is 31.9 Å². The van der Waals surface area contributed by atoms with Gasteiger partial charge >= 0.3 is 0 Å².